The molecule has 0 radical (unpaired) electrons. The van der Waals surface area contributed by atoms with Crippen LogP contribution in [-0.2, 0) is 14.3 Å². The van der Waals surface area contributed by atoms with Gasteiger partial charge in [-0.2, -0.15) is 0 Å². The van der Waals surface area contributed by atoms with Crippen LogP contribution < -0.4 is 9.47 Å². The van der Waals surface area contributed by atoms with Crippen molar-refractivity contribution in [2.45, 2.75) is 31.6 Å². The molecule has 2 aromatic carbocycles. The van der Waals surface area contributed by atoms with Crippen LogP contribution in [0.3, 0.4) is 0 Å². The number of hydrogen-bond donors (Lipinski definition) is 0. The van der Waals surface area contributed by atoms with Gasteiger partial charge in [-0.05, 0) is 54.7 Å². The molecule has 0 saturated heterocycles. The second-order valence-electron chi connectivity index (χ2n) is 8.29. The first-order valence-corrected chi connectivity index (χ1v) is 11.5. The van der Waals surface area contributed by atoms with E-state index >= 15 is 0 Å². The Labute approximate surface area is 201 Å². The number of carbonyl (C=O) groups excluding carboxylic acids is 2. The van der Waals surface area contributed by atoms with Gasteiger partial charge < -0.3 is 14.2 Å². The number of rotatable bonds is 5. The van der Waals surface area contributed by atoms with Crippen LogP contribution in [0.25, 0.3) is 0 Å². The van der Waals surface area contributed by atoms with Gasteiger partial charge in [0.25, 0.3) is 0 Å². The summed E-state index contributed by atoms with van der Waals surface area (Å²) < 4.78 is 16.8. The van der Waals surface area contributed by atoms with Crippen molar-refractivity contribution in [3.63, 3.8) is 0 Å². The van der Waals surface area contributed by atoms with Crippen LogP contribution in [0.5, 0.6) is 11.5 Å². The number of aliphatic imine (C=N–C) groups is 1. The molecular weight excluding hydrogens is 486 g/mol. The summed E-state index contributed by atoms with van der Waals surface area (Å²) >= 11 is 3.52. The van der Waals surface area contributed by atoms with Gasteiger partial charge in [0.05, 0.1) is 21.3 Å². The zero-order valence-electron chi connectivity index (χ0n) is 19.1. The van der Waals surface area contributed by atoms with E-state index in [2.05, 4.69) is 15.9 Å². The van der Waals surface area contributed by atoms with E-state index in [0.717, 1.165) is 21.3 Å². The molecule has 7 heteroatoms. The maximum atomic E-state index is 13.6. The number of hydrogen-bond acceptors (Lipinski definition) is 6. The Morgan fingerprint density at radius 1 is 1.00 bits per heavy atom. The van der Waals surface area contributed by atoms with Gasteiger partial charge in [-0.15, -0.1) is 0 Å². The predicted molar refractivity (Wildman–Crippen MR) is 129 cm³/mol. The Balaban J connectivity index is 1.79. The van der Waals surface area contributed by atoms with Gasteiger partial charge in [0, 0.05) is 33.8 Å². The summed E-state index contributed by atoms with van der Waals surface area (Å²) in [6.45, 7) is 1.83. The van der Waals surface area contributed by atoms with Gasteiger partial charge in [-0.1, -0.05) is 34.1 Å². The fraction of sp³-hybridized carbons (Fsp3) is 0.346. The van der Waals surface area contributed by atoms with Crippen molar-refractivity contribution >= 4 is 33.4 Å². The van der Waals surface area contributed by atoms with Gasteiger partial charge in [0.15, 0.2) is 17.3 Å². The highest BCUT2D eigenvalue weighted by Gasteiger charge is 2.44. The van der Waals surface area contributed by atoms with Gasteiger partial charge in [-0.3, -0.25) is 14.6 Å². The first-order chi connectivity index (χ1) is 15.9. The van der Waals surface area contributed by atoms with Crippen molar-refractivity contribution in [3.8, 4) is 11.5 Å². The first-order valence-electron chi connectivity index (χ1n) is 10.7. The average Bonchev–Trinajstić information content (AvgIpc) is 2.82. The molecule has 0 aromatic heterocycles. The minimum Gasteiger partial charge on any atom is -0.493 e. The quantitative estimate of drug-likeness (QED) is 0.514. The van der Waals surface area contributed by atoms with Crippen LogP contribution >= 0.6 is 15.9 Å². The monoisotopic (exact) mass is 511 g/mol. The smallest absolute Gasteiger partial charge is 0.315 e. The lowest BCUT2D eigenvalue weighted by Gasteiger charge is -2.36. The zero-order valence-corrected chi connectivity index (χ0v) is 20.6. The highest BCUT2D eigenvalue weighted by Crippen LogP contribution is 2.47. The number of allylic oxidation sites excluding steroid dienone is 2. The van der Waals surface area contributed by atoms with Crippen molar-refractivity contribution in [1.82, 2.24) is 0 Å². The number of ketones is 1. The largest absolute Gasteiger partial charge is 0.493 e. The molecule has 1 aliphatic carbocycles. The molecule has 33 heavy (non-hydrogen) atoms. The summed E-state index contributed by atoms with van der Waals surface area (Å²) in [5.74, 6) is -0.209. The van der Waals surface area contributed by atoms with E-state index in [4.69, 9.17) is 19.2 Å². The van der Waals surface area contributed by atoms with Crippen LogP contribution in [0.2, 0.25) is 0 Å². The predicted octanol–water partition coefficient (Wildman–Crippen LogP) is 5.21. The molecule has 0 saturated carbocycles. The van der Waals surface area contributed by atoms with Crippen molar-refractivity contribution in [1.29, 1.82) is 0 Å². The number of methoxy groups -OCH3 is 3. The first kappa shape index (κ1) is 23.2. The van der Waals surface area contributed by atoms with Crippen molar-refractivity contribution in [3.05, 3.63) is 69.3 Å². The Morgan fingerprint density at radius 3 is 2.42 bits per heavy atom. The fourth-order valence-electron chi connectivity index (χ4n) is 4.89. The zero-order chi connectivity index (χ0) is 23.7. The highest BCUT2D eigenvalue weighted by atomic mass is 79.9. The Hall–Kier alpha value is -2.93. The topological polar surface area (TPSA) is 74.2 Å². The van der Waals surface area contributed by atoms with E-state index in [-0.39, 0.29) is 17.7 Å². The van der Waals surface area contributed by atoms with E-state index in [1.165, 1.54) is 7.11 Å². The number of ether oxygens (including phenoxy) is 3. The maximum Gasteiger partial charge on any atom is 0.315 e. The summed E-state index contributed by atoms with van der Waals surface area (Å²) in [4.78, 5) is 31.1. The SMILES string of the molecule is COC(=O)C1C(C)=NC2=C(C(=O)C[C@H](c3ccc(OC)c(OC)c3)C2)[C@@H]1c1cccc(Br)c1. The molecule has 0 bridgehead atoms. The third-order valence-corrected chi connectivity index (χ3v) is 6.92. The van der Waals surface area contributed by atoms with Gasteiger partial charge in [0.1, 0.15) is 5.92 Å². The molecule has 0 fully saturated rings. The summed E-state index contributed by atoms with van der Waals surface area (Å²) in [7, 11) is 4.56. The molecule has 1 aliphatic heterocycles. The Kier molecular flexibility index (Phi) is 6.70. The van der Waals surface area contributed by atoms with E-state index in [1.807, 2.05) is 49.4 Å². The third kappa shape index (κ3) is 4.34. The molecule has 4 rings (SSSR count). The number of Topliss-reactive ketones (excluding diaryl/α,β-unsaturated/α-hetero) is 1. The van der Waals surface area contributed by atoms with Crippen molar-refractivity contribution in [2.75, 3.05) is 21.3 Å². The van der Waals surface area contributed by atoms with Crippen LogP contribution in [0.1, 0.15) is 42.7 Å². The van der Waals surface area contributed by atoms with Crippen molar-refractivity contribution < 1.29 is 23.8 Å². The highest BCUT2D eigenvalue weighted by molar-refractivity contribution is 9.10. The average molecular weight is 512 g/mol. The number of carbonyl (C=O) groups is 2. The van der Waals surface area contributed by atoms with E-state index in [0.29, 0.717) is 35.6 Å². The molecule has 3 atom stereocenters. The van der Waals surface area contributed by atoms with Gasteiger partial charge >= 0.3 is 5.97 Å². The Morgan fingerprint density at radius 2 is 1.76 bits per heavy atom. The lowest BCUT2D eigenvalue weighted by atomic mass is 9.69. The third-order valence-electron chi connectivity index (χ3n) is 6.43. The van der Waals surface area contributed by atoms with Crippen LogP contribution in [0, 0.1) is 5.92 Å². The van der Waals surface area contributed by atoms with Crippen LogP contribution in [-0.4, -0.2) is 38.8 Å². The molecule has 2 aromatic rings. The molecule has 2 aliphatic rings. The normalized spacial score (nSPS) is 22.4. The Bertz CT molecular complexity index is 1170. The lowest BCUT2D eigenvalue weighted by molar-refractivity contribution is -0.143. The van der Waals surface area contributed by atoms with E-state index in [9.17, 15) is 9.59 Å². The second-order valence-corrected chi connectivity index (χ2v) is 9.21. The molecule has 6 nitrogen and oxygen atoms in total. The molecule has 172 valence electrons. The van der Waals surface area contributed by atoms with E-state index in [1.54, 1.807) is 14.2 Å². The molecule has 0 spiro atoms. The lowest BCUT2D eigenvalue weighted by Crippen LogP contribution is -2.37. The number of nitrogens with zero attached hydrogens (tertiary/aromatic N) is 1. The summed E-state index contributed by atoms with van der Waals surface area (Å²) in [6, 6.07) is 13.5. The number of halogens is 1. The molecular formula is C26H26BrNO5. The summed E-state index contributed by atoms with van der Waals surface area (Å²) in [5.41, 5.74) is 3.90. The van der Waals surface area contributed by atoms with E-state index < -0.39 is 11.8 Å². The molecule has 0 N–H and O–H groups in total. The standard InChI is InChI=1S/C26H26BrNO5/c1-14-23(26(30)33-4)24(16-6-5-7-18(27)10-16)25-19(28-14)11-17(12-20(25)29)15-8-9-21(31-2)22(13-15)32-3/h5-10,13,17,23-24H,11-12H2,1-4H3/t17-,23?,24-/m1/s1. The van der Waals surface area contributed by atoms with Crippen molar-refractivity contribution in [2.24, 2.45) is 10.9 Å². The fourth-order valence-corrected chi connectivity index (χ4v) is 5.31. The van der Waals surface area contributed by atoms with Gasteiger partial charge in [0.2, 0.25) is 0 Å². The molecule has 1 unspecified atom stereocenters. The van der Waals surface area contributed by atoms with Crippen LogP contribution in [0.4, 0.5) is 0 Å². The summed E-state index contributed by atoms with van der Waals surface area (Å²) in [5, 5.41) is 0. The molecule has 1 heterocycles. The number of benzene rings is 2. The van der Waals surface area contributed by atoms with Crippen LogP contribution in [0.15, 0.2) is 63.2 Å². The second kappa shape index (κ2) is 9.51. The van der Waals surface area contributed by atoms with Gasteiger partial charge in [-0.25, -0.2) is 0 Å². The molecule has 0 amide bonds. The minimum atomic E-state index is -0.635. The maximum absolute atomic E-state index is 13.6. The minimum absolute atomic E-state index is 0.00571. The number of esters is 1. The summed E-state index contributed by atoms with van der Waals surface area (Å²) in [6.07, 6.45) is 0.938.